The van der Waals surface area contributed by atoms with Gasteiger partial charge in [-0.25, -0.2) is 8.42 Å². The van der Waals surface area contributed by atoms with E-state index in [1.807, 2.05) is 6.92 Å². The highest BCUT2D eigenvalue weighted by Gasteiger charge is 2.27. The van der Waals surface area contributed by atoms with E-state index in [0.29, 0.717) is 35.7 Å². The van der Waals surface area contributed by atoms with Crippen molar-refractivity contribution in [3.8, 4) is 5.75 Å². The lowest BCUT2D eigenvalue weighted by Gasteiger charge is -2.21. The molecule has 0 unspecified atom stereocenters. The Bertz CT molecular complexity index is 813. The molecule has 7 heteroatoms. The van der Waals surface area contributed by atoms with Gasteiger partial charge in [-0.2, -0.15) is 4.31 Å². The maximum Gasteiger partial charge on any atom is 0.243 e. The lowest BCUT2D eigenvalue weighted by atomic mass is 10.1. The van der Waals surface area contributed by atoms with E-state index in [4.69, 9.17) is 4.74 Å². The molecule has 6 nitrogen and oxygen atoms in total. The zero-order valence-electron chi connectivity index (χ0n) is 13.4. The summed E-state index contributed by atoms with van der Waals surface area (Å²) in [6, 6.07) is 5.09. The van der Waals surface area contributed by atoms with Crippen molar-refractivity contribution in [1.82, 2.24) is 14.6 Å². The van der Waals surface area contributed by atoms with Gasteiger partial charge in [-0.3, -0.25) is 4.98 Å². The average Bonchev–Trinajstić information content (AvgIpc) is 2.83. The quantitative estimate of drug-likeness (QED) is 0.921. The van der Waals surface area contributed by atoms with Crippen molar-refractivity contribution in [3.05, 3.63) is 30.1 Å². The molecule has 0 amide bonds. The number of nitrogens with zero attached hydrogens (tertiary/aromatic N) is 2. The van der Waals surface area contributed by atoms with Crippen LogP contribution in [0.15, 0.2) is 29.3 Å². The summed E-state index contributed by atoms with van der Waals surface area (Å²) in [6.45, 7) is 4.40. The molecular weight excluding hydrogens is 314 g/mol. The maximum atomic E-state index is 13.1. The van der Waals surface area contributed by atoms with Crippen molar-refractivity contribution >= 4 is 20.8 Å². The molecule has 1 aromatic heterocycles. The van der Waals surface area contributed by atoms with Gasteiger partial charge in [0.25, 0.3) is 0 Å². The van der Waals surface area contributed by atoms with Gasteiger partial charge in [0.15, 0.2) is 0 Å². The third kappa shape index (κ3) is 2.91. The van der Waals surface area contributed by atoms with E-state index in [9.17, 15) is 8.42 Å². The number of hydrogen-bond acceptors (Lipinski definition) is 5. The minimum Gasteiger partial charge on any atom is -0.496 e. The highest BCUT2D eigenvalue weighted by Crippen LogP contribution is 2.33. The molecule has 1 fully saturated rings. The van der Waals surface area contributed by atoms with Gasteiger partial charge >= 0.3 is 0 Å². The van der Waals surface area contributed by atoms with Crippen molar-refractivity contribution in [1.29, 1.82) is 0 Å². The Balaban J connectivity index is 2.18. The number of ether oxygens (including phenoxy) is 1. The van der Waals surface area contributed by atoms with Crippen LogP contribution >= 0.6 is 0 Å². The van der Waals surface area contributed by atoms with Crippen molar-refractivity contribution in [2.75, 3.05) is 33.3 Å². The molecule has 124 valence electrons. The van der Waals surface area contributed by atoms with Crippen LogP contribution in [-0.2, 0) is 10.0 Å². The summed E-state index contributed by atoms with van der Waals surface area (Å²) in [4.78, 5) is 4.59. The minimum atomic E-state index is -3.54. The Morgan fingerprint density at radius 3 is 2.83 bits per heavy atom. The second-order valence-electron chi connectivity index (χ2n) is 5.59. The van der Waals surface area contributed by atoms with Gasteiger partial charge in [-0.05, 0) is 38.1 Å². The first-order valence-corrected chi connectivity index (χ1v) is 9.13. The largest absolute Gasteiger partial charge is 0.496 e. The summed E-state index contributed by atoms with van der Waals surface area (Å²) in [7, 11) is -1.96. The summed E-state index contributed by atoms with van der Waals surface area (Å²) >= 11 is 0. The van der Waals surface area contributed by atoms with Gasteiger partial charge in [0, 0.05) is 42.3 Å². The monoisotopic (exact) mass is 335 g/mol. The number of pyridine rings is 1. The molecule has 0 spiro atoms. The van der Waals surface area contributed by atoms with Crippen LogP contribution < -0.4 is 10.1 Å². The van der Waals surface area contributed by atoms with E-state index in [1.54, 1.807) is 35.8 Å². The average molecular weight is 335 g/mol. The molecule has 0 atom stereocenters. The zero-order valence-corrected chi connectivity index (χ0v) is 14.2. The molecule has 2 heterocycles. The van der Waals surface area contributed by atoms with E-state index >= 15 is 0 Å². The molecule has 1 N–H and O–H groups in total. The number of rotatable bonds is 3. The van der Waals surface area contributed by atoms with Crippen molar-refractivity contribution in [2.45, 2.75) is 18.2 Å². The lowest BCUT2D eigenvalue weighted by molar-refractivity contribution is 0.418. The van der Waals surface area contributed by atoms with E-state index in [2.05, 4.69) is 10.3 Å². The second-order valence-corrected chi connectivity index (χ2v) is 7.50. The minimum absolute atomic E-state index is 0.320. The molecule has 2 aromatic rings. The second kappa shape index (κ2) is 6.43. The van der Waals surface area contributed by atoms with Gasteiger partial charge in [-0.15, -0.1) is 0 Å². The van der Waals surface area contributed by atoms with E-state index in [1.165, 1.54) is 0 Å². The van der Waals surface area contributed by atoms with E-state index in [-0.39, 0.29) is 0 Å². The number of aromatic nitrogens is 1. The van der Waals surface area contributed by atoms with Crippen LogP contribution in [0.1, 0.15) is 12.1 Å². The first-order chi connectivity index (χ1) is 11.1. The van der Waals surface area contributed by atoms with Crippen LogP contribution in [-0.4, -0.2) is 51.0 Å². The van der Waals surface area contributed by atoms with Crippen LogP contribution in [0.5, 0.6) is 5.75 Å². The van der Waals surface area contributed by atoms with Crippen LogP contribution in [0.2, 0.25) is 0 Å². The van der Waals surface area contributed by atoms with Crippen LogP contribution in [0.25, 0.3) is 10.8 Å². The molecule has 1 aliphatic heterocycles. The molecule has 3 rings (SSSR count). The van der Waals surface area contributed by atoms with Gasteiger partial charge in [0.1, 0.15) is 5.75 Å². The Kier molecular flexibility index (Phi) is 4.52. The first-order valence-electron chi connectivity index (χ1n) is 7.69. The summed E-state index contributed by atoms with van der Waals surface area (Å²) in [5, 5.41) is 4.64. The normalized spacial score (nSPS) is 17.1. The number of methoxy groups -OCH3 is 1. The molecule has 0 bridgehead atoms. The van der Waals surface area contributed by atoms with Gasteiger partial charge < -0.3 is 10.1 Å². The number of hydrogen-bond donors (Lipinski definition) is 1. The highest BCUT2D eigenvalue weighted by molar-refractivity contribution is 7.89. The van der Waals surface area contributed by atoms with Crippen molar-refractivity contribution in [3.63, 3.8) is 0 Å². The predicted octanol–water partition coefficient (Wildman–Crippen LogP) is 1.54. The van der Waals surface area contributed by atoms with Crippen molar-refractivity contribution in [2.24, 2.45) is 0 Å². The molecular formula is C16H21N3O3S. The van der Waals surface area contributed by atoms with Gasteiger partial charge in [0.05, 0.1) is 12.0 Å². The Morgan fingerprint density at radius 1 is 1.22 bits per heavy atom. The van der Waals surface area contributed by atoms with Crippen LogP contribution in [0, 0.1) is 6.92 Å². The predicted molar refractivity (Wildman–Crippen MR) is 89.3 cm³/mol. The number of aryl methyl sites for hydroxylation is 1. The third-order valence-corrected chi connectivity index (χ3v) is 6.13. The van der Waals surface area contributed by atoms with E-state index in [0.717, 1.165) is 24.0 Å². The lowest BCUT2D eigenvalue weighted by Crippen LogP contribution is -2.34. The summed E-state index contributed by atoms with van der Waals surface area (Å²) < 4.78 is 33.1. The smallest absolute Gasteiger partial charge is 0.243 e. The summed E-state index contributed by atoms with van der Waals surface area (Å²) in [5.41, 5.74) is 0.758. The number of nitrogens with one attached hydrogen (secondary N) is 1. The fourth-order valence-corrected chi connectivity index (χ4v) is 4.67. The molecule has 0 radical (unpaired) electrons. The topological polar surface area (TPSA) is 71.5 Å². The zero-order chi connectivity index (χ0) is 16.4. The number of sulfonamides is 1. The molecule has 0 saturated carbocycles. The number of fused-ring (bicyclic) bond motifs is 1. The molecule has 23 heavy (non-hydrogen) atoms. The molecule has 0 aliphatic carbocycles. The Morgan fingerprint density at radius 2 is 2.04 bits per heavy atom. The first kappa shape index (κ1) is 16.2. The molecule has 1 saturated heterocycles. The SMILES string of the molecule is COc1ccc(S(=O)(=O)N2CCCNCC2)c2ccnc(C)c12. The molecule has 1 aromatic carbocycles. The maximum absolute atomic E-state index is 13.1. The fourth-order valence-electron chi connectivity index (χ4n) is 3.00. The number of benzene rings is 1. The highest BCUT2D eigenvalue weighted by atomic mass is 32.2. The Labute approximate surface area is 136 Å². The summed E-state index contributed by atoms with van der Waals surface area (Å²) in [5.74, 6) is 0.641. The molecule has 1 aliphatic rings. The van der Waals surface area contributed by atoms with Gasteiger partial charge in [0.2, 0.25) is 10.0 Å². The third-order valence-electron chi connectivity index (χ3n) is 4.18. The summed E-state index contributed by atoms with van der Waals surface area (Å²) in [6.07, 6.45) is 2.45. The van der Waals surface area contributed by atoms with Gasteiger partial charge in [-0.1, -0.05) is 0 Å². The van der Waals surface area contributed by atoms with Crippen LogP contribution in [0.3, 0.4) is 0 Å². The van der Waals surface area contributed by atoms with E-state index < -0.39 is 10.0 Å². The fraction of sp³-hybridized carbons (Fsp3) is 0.438. The Hall–Kier alpha value is -1.70. The van der Waals surface area contributed by atoms with Crippen LogP contribution in [0.4, 0.5) is 0 Å². The van der Waals surface area contributed by atoms with Crippen molar-refractivity contribution < 1.29 is 13.2 Å². The standard InChI is InChI=1S/C16H21N3O3S/c1-12-16-13(6-8-18-12)15(5-4-14(16)22-2)23(20,21)19-10-3-7-17-9-11-19/h4-6,8,17H,3,7,9-11H2,1-2H3.